The van der Waals surface area contributed by atoms with Crippen LogP contribution in [-0.2, 0) is 14.3 Å². The van der Waals surface area contributed by atoms with Crippen LogP contribution in [0.5, 0.6) is 5.75 Å². The molecule has 0 unspecified atom stereocenters. The third-order valence-electron chi connectivity index (χ3n) is 5.65. The zero-order valence-electron chi connectivity index (χ0n) is 18.2. The highest BCUT2D eigenvalue weighted by molar-refractivity contribution is 6.05. The number of β-amino-alcohol motifs (C(OH)–C–C–N with tert-alkyl or cyclic N) is 1. The second kappa shape index (κ2) is 10.5. The van der Waals surface area contributed by atoms with Crippen molar-refractivity contribution < 1.29 is 29.0 Å². The highest BCUT2D eigenvalue weighted by atomic mass is 16.5. The number of morpholine rings is 1. The van der Waals surface area contributed by atoms with Gasteiger partial charge in [-0.05, 0) is 23.3 Å². The average Bonchev–Trinajstić information content (AvgIpc) is 3.11. The van der Waals surface area contributed by atoms with Crippen LogP contribution in [0.2, 0.25) is 0 Å². The van der Waals surface area contributed by atoms with Crippen LogP contribution in [0.3, 0.4) is 0 Å². The van der Waals surface area contributed by atoms with Gasteiger partial charge < -0.3 is 24.8 Å². The quantitative estimate of drug-likeness (QED) is 0.583. The van der Waals surface area contributed by atoms with Crippen molar-refractivity contribution in [2.75, 3.05) is 39.5 Å². The van der Waals surface area contributed by atoms with Gasteiger partial charge in [-0.25, -0.2) is 4.79 Å². The van der Waals surface area contributed by atoms with E-state index in [1.54, 1.807) is 17.0 Å². The molecule has 2 atom stereocenters. The summed E-state index contributed by atoms with van der Waals surface area (Å²) in [5.41, 5.74) is 2.13. The van der Waals surface area contributed by atoms with Crippen molar-refractivity contribution in [3.63, 3.8) is 0 Å². The smallest absolute Gasteiger partial charge is 0.324 e. The molecular formula is C24H27N3O6. The van der Waals surface area contributed by atoms with Gasteiger partial charge >= 0.3 is 6.03 Å². The Morgan fingerprint density at radius 3 is 2.42 bits per heavy atom. The minimum Gasteiger partial charge on any atom is -0.491 e. The van der Waals surface area contributed by atoms with Gasteiger partial charge in [-0.15, -0.1) is 0 Å². The molecule has 0 radical (unpaired) electrons. The number of hydrogen-bond donors (Lipinski definition) is 2. The topological polar surface area (TPSA) is 108 Å². The zero-order valence-corrected chi connectivity index (χ0v) is 18.2. The lowest BCUT2D eigenvalue weighted by atomic mass is 10.1. The number of carbonyl (C=O) groups is 3. The normalized spacial score (nSPS) is 19.4. The molecular weight excluding hydrogens is 426 g/mol. The van der Waals surface area contributed by atoms with Crippen LogP contribution in [0.1, 0.15) is 6.42 Å². The summed E-state index contributed by atoms with van der Waals surface area (Å²) < 4.78 is 10.8. The number of rotatable bonds is 8. The Bertz CT molecular complexity index is 975. The molecule has 174 valence electrons. The van der Waals surface area contributed by atoms with E-state index in [2.05, 4.69) is 5.32 Å². The number of carbonyl (C=O) groups excluding carboxylic acids is 3. The lowest BCUT2D eigenvalue weighted by Gasteiger charge is -2.27. The molecule has 2 fully saturated rings. The number of nitrogens with zero attached hydrogens (tertiary/aromatic N) is 2. The number of hydrogen-bond acceptors (Lipinski definition) is 6. The Labute approximate surface area is 191 Å². The van der Waals surface area contributed by atoms with Crippen LogP contribution in [0.15, 0.2) is 54.6 Å². The van der Waals surface area contributed by atoms with E-state index >= 15 is 0 Å². The highest BCUT2D eigenvalue weighted by Crippen LogP contribution is 2.22. The first kappa shape index (κ1) is 22.8. The molecule has 2 heterocycles. The molecule has 0 spiro atoms. The fourth-order valence-corrected chi connectivity index (χ4v) is 3.83. The van der Waals surface area contributed by atoms with Crippen molar-refractivity contribution in [1.29, 1.82) is 0 Å². The number of benzene rings is 2. The molecule has 2 N–H and O–H groups in total. The van der Waals surface area contributed by atoms with E-state index in [1.165, 1.54) is 0 Å². The highest BCUT2D eigenvalue weighted by Gasteiger charge is 2.40. The molecule has 2 saturated heterocycles. The van der Waals surface area contributed by atoms with E-state index < -0.39 is 24.1 Å². The van der Waals surface area contributed by atoms with Gasteiger partial charge in [0.2, 0.25) is 5.91 Å². The van der Waals surface area contributed by atoms with Gasteiger partial charge in [-0.2, -0.15) is 0 Å². The number of aliphatic hydroxyl groups is 1. The predicted molar refractivity (Wildman–Crippen MR) is 119 cm³/mol. The summed E-state index contributed by atoms with van der Waals surface area (Å²) >= 11 is 0. The van der Waals surface area contributed by atoms with Crippen molar-refractivity contribution in [3.8, 4) is 16.9 Å². The predicted octanol–water partition coefficient (Wildman–Crippen LogP) is 1.26. The van der Waals surface area contributed by atoms with Gasteiger partial charge in [0.15, 0.2) is 0 Å². The van der Waals surface area contributed by atoms with E-state index in [0.29, 0.717) is 32.1 Å². The molecule has 0 saturated carbocycles. The Kier molecular flexibility index (Phi) is 7.21. The molecule has 2 aliphatic heterocycles. The van der Waals surface area contributed by atoms with Gasteiger partial charge in [0.1, 0.15) is 24.5 Å². The first-order chi connectivity index (χ1) is 16.0. The molecule has 9 heteroatoms. The maximum absolute atomic E-state index is 12.6. The number of nitrogens with one attached hydrogen (secondary N) is 1. The first-order valence-electron chi connectivity index (χ1n) is 10.9. The largest absolute Gasteiger partial charge is 0.491 e. The van der Waals surface area contributed by atoms with Crippen LogP contribution in [0, 0.1) is 0 Å². The molecule has 0 bridgehead atoms. The Hall–Kier alpha value is -3.43. The van der Waals surface area contributed by atoms with Crippen LogP contribution in [-0.4, -0.2) is 84.4 Å². The molecule has 2 aliphatic rings. The van der Waals surface area contributed by atoms with E-state index in [4.69, 9.17) is 9.47 Å². The van der Waals surface area contributed by atoms with Crippen LogP contribution in [0.4, 0.5) is 4.79 Å². The Morgan fingerprint density at radius 2 is 1.73 bits per heavy atom. The number of amides is 4. The van der Waals surface area contributed by atoms with Crippen LogP contribution >= 0.6 is 0 Å². The summed E-state index contributed by atoms with van der Waals surface area (Å²) in [4.78, 5) is 39.8. The van der Waals surface area contributed by atoms with Crippen molar-refractivity contribution in [2.24, 2.45) is 0 Å². The lowest BCUT2D eigenvalue weighted by molar-refractivity contribution is -0.138. The summed E-state index contributed by atoms with van der Waals surface area (Å²) in [6, 6.07) is 15.8. The first-order valence-corrected chi connectivity index (χ1v) is 10.9. The van der Waals surface area contributed by atoms with Gasteiger partial charge in [0.05, 0.1) is 26.2 Å². The minimum absolute atomic E-state index is 0.0842. The molecule has 33 heavy (non-hydrogen) atoms. The third kappa shape index (κ3) is 5.68. The van der Waals surface area contributed by atoms with Crippen LogP contribution in [0.25, 0.3) is 11.1 Å². The molecule has 0 aliphatic carbocycles. The standard InChI is InChI=1S/C24H27N3O6/c28-19(16-33-20-8-6-18(7-9-20)17-4-2-1-3-5-17)15-27-23(30)21(25-24(27)31)14-22(29)26-10-12-32-13-11-26/h1-9,19,21,28H,10-16H2,(H,25,31)/t19-,21-/m0/s1. The van der Waals surface area contributed by atoms with E-state index in [1.807, 2.05) is 42.5 Å². The second-order valence-electron chi connectivity index (χ2n) is 8.00. The van der Waals surface area contributed by atoms with Gasteiger partial charge in [-0.3, -0.25) is 14.5 Å². The lowest BCUT2D eigenvalue weighted by Crippen LogP contribution is -2.44. The number of urea groups is 1. The van der Waals surface area contributed by atoms with E-state index in [9.17, 15) is 19.5 Å². The second-order valence-corrected chi connectivity index (χ2v) is 8.00. The van der Waals surface area contributed by atoms with E-state index in [0.717, 1.165) is 16.0 Å². The fourth-order valence-electron chi connectivity index (χ4n) is 3.83. The Morgan fingerprint density at radius 1 is 1.06 bits per heavy atom. The minimum atomic E-state index is -1.07. The maximum Gasteiger partial charge on any atom is 0.324 e. The molecule has 4 rings (SSSR count). The van der Waals surface area contributed by atoms with Gasteiger partial charge in [0.25, 0.3) is 5.91 Å². The third-order valence-corrected chi connectivity index (χ3v) is 5.65. The van der Waals surface area contributed by atoms with E-state index in [-0.39, 0.29) is 25.5 Å². The fraction of sp³-hybridized carbons (Fsp3) is 0.375. The summed E-state index contributed by atoms with van der Waals surface area (Å²) in [5.74, 6) is -0.158. The SMILES string of the molecule is O=C(C[C@@H]1NC(=O)N(C[C@H](O)COc2ccc(-c3ccccc3)cc2)C1=O)N1CCOCC1. The van der Waals surface area contributed by atoms with Crippen molar-refractivity contribution in [1.82, 2.24) is 15.1 Å². The van der Waals surface area contributed by atoms with Gasteiger partial charge in [0, 0.05) is 13.1 Å². The molecule has 0 aromatic heterocycles. The maximum atomic E-state index is 12.6. The number of aliphatic hydroxyl groups excluding tert-OH is 1. The summed E-state index contributed by atoms with van der Waals surface area (Å²) in [6.45, 7) is 1.57. The average molecular weight is 453 g/mol. The molecule has 4 amide bonds. The zero-order chi connectivity index (χ0) is 23.2. The Balaban J connectivity index is 1.25. The molecule has 2 aromatic rings. The summed E-state index contributed by atoms with van der Waals surface area (Å²) in [5, 5.41) is 12.9. The van der Waals surface area contributed by atoms with Crippen molar-refractivity contribution in [3.05, 3.63) is 54.6 Å². The molecule has 9 nitrogen and oxygen atoms in total. The summed E-state index contributed by atoms with van der Waals surface area (Å²) in [6.07, 6.45) is -1.18. The number of imide groups is 1. The summed E-state index contributed by atoms with van der Waals surface area (Å²) in [7, 11) is 0. The van der Waals surface area contributed by atoms with Crippen LogP contribution < -0.4 is 10.1 Å². The monoisotopic (exact) mass is 453 g/mol. The van der Waals surface area contributed by atoms with Crippen molar-refractivity contribution in [2.45, 2.75) is 18.6 Å². The van der Waals surface area contributed by atoms with Crippen molar-refractivity contribution >= 4 is 17.8 Å². The number of ether oxygens (including phenoxy) is 2. The van der Waals surface area contributed by atoms with Gasteiger partial charge in [-0.1, -0.05) is 42.5 Å². The molecule has 2 aromatic carbocycles.